The Morgan fingerprint density at radius 2 is 1.41 bits per heavy atom. The Morgan fingerprint density at radius 3 is 2.02 bits per heavy atom. The Labute approximate surface area is 721 Å². The van der Waals surface area contributed by atoms with E-state index >= 15 is 9.59 Å². The molecule has 5 fully saturated rings. The molecule has 8 N–H and O–H groups in total. The lowest BCUT2D eigenvalue weighted by Gasteiger charge is -2.63. The van der Waals surface area contributed by atoms with Crippen molar-refractivity contribution in [3.63, 3.8) is 0 Å². The number of aliphatic hydroxyl groups is 5. The number of nitrogens with one attached hydrogen (secondary N) is 3. The minimum Gasteiger partial charge on any atom is -0.496 e. The standard InChI is InChI=1S/C62H87N5O15.C28H46N2O9S/c1-9-41(35-68)82-51(78-7)36-81-50(70)20-14-19-49(69)64-38(4)52(71)80-28-16-24-63-56(73)62(76)54-60(23-27-67-25-15-22-59(11-3,53(60)67)55(62)72)45-30-46(48(77-6)31-47(45)65(54)5)61(57(74)79-8)33-39-32-58(75,10-2)37-66(34-39)26-21-43-42-18-13-12-17-40(42)29-44(43)61;1-4-21(17-31)39-27(37-3)18-38-26(35)8-6-7-24(33)29-13-14-40-23-15-25(34)30(28(23)36)16-19-9-11-20(12-10-19)22(32)5-2/h12-13,15,17-18,22,30-31,38-39,41,51,53-55,68,72,75-76H,9-11,14,16,19-21,23-29,32-37H2,1-8H3,(H,63,73)(H,64,69);19-21,23,27,31H,4-18H2,1-3H3,(H,29,33)/t38-,39?,41?,51?,53?,54?,55-,58?,59-,60?,61-,62+;/m1./s1. The second kappa shape index (κ2) is 43.6. The van der Waals surface area contributed by atoms with Gasteiger partial charge in [-0.2, -0.15) is 0 Å². The highest BCUT2D eigenvalue weighted by molar-refractivity contribution is 8.00. The summed E-state index contributed by atoms with van der Waals surface area (Å²) in [5, 5.41) is 65.2. The Hall–Kier alpha value is -7.47. The molecule has 0 radical (unpaired) electrons. The molecule has 0 aromatic heterocycles. The number of esters is 4. The summed E-state index contributed by atoms with van der Waals surface area (Å²) in [6.45, 7) is 14.2. The van der Waals surface area contributed by atoms with E-state index in [2.05, 4.69) is 43.9 Å². The fourth-order valence-corrected chi connectivity index (χ4v) is 21.7. The topological polar surface area (TPSA) is 404 Å². The summed E-state index contributed by atoms with van der Waals surface area (Å²) in [6.07, 6.45) is 9.48. The predicted octanol–water partition coefficient (Wildman–Crippen LogP) is 5.83. The zero-order valence-electron chi connectivity index (χ0n) is 73.2. The van der Waals surface area contributed by atoms with E-state index in [9.17, 15) is 63.9 Å². The lowest BCUT2D eigenvalue weighted by atomic mass is 9.47. The van der Waals surface area contributed by atoms with E-state index in [0.29, 0.717) is 145 Å². The molecule has 3 saturated heterocycles. The summed E-state index contributed by atoms with van der Waals surface area (Å²) in [5.74, 6) is -2.38. The van der Waals surface area contributed by atoms with Crippen molar-refractivity contribution in [2.24, 2.45) is 23.2 Å². The van der Waals surface area contributed by atoms with Gasteiger partial charge >= 0.3 is 23.9 Å². The number of likely N-dealkylation sites (tertiary alicyclic amines) is 1. The number of thioether (sulfide) groups is 1. The monoisotopic (exact) mass is 1730 g/mol. The SMILES string of the molecule is CCC(=O)C1CCC(CN2C(=O)CC(SCCNC(=O)CCCC(=O)OCC(OC)OC(CC)CO)C2=O)CC1.CCC(CO)OC(COC(=O)CCCC(=O)N[C@H](C)C(=O)OCCCNC(=O)[C@]1(O)C2N(C)c3cc(OC)c([C@@]4(C(=O)OC)CC5CN(CCC6=C4Cc4ccccc46)CC(O)(CC)C5)cc3C23CCN2CC=C[C@](CC)(C23)[C@H]1O)OC. The number of anilines is 1. The van der Waals surface area contributed by atoms with Crippen molar-refractivity contribution < 1.29 is 116 Å². The predicted molar refractivity (Wildman–Crippen MR) is 453 cm³/mol. The highest BCUT2D eigenvalue weighted by atomic mass is 32.2. The van der Waals surface area contributed by atoms with Crippen molar-refractivity contribution in [1.29, 1.82) is 0 Å². The molecule has 6 heterocycles. The van der Waals surface area contributed by atoms with Crippen molar-refractivity contribution in [3.8, 4) is 5.75 Å². The summed E-state index contributed by atoms with van der Waals surface area (Å²) in [5.41, 5.74) is -0.330. The molecule has 32 heteroatoms. The molecule has 11 unspecified atom stereocenters. The zero-order chi connectivity index (χ0) is 88.4. The number of imide groups is 1. The zero-order valence-corrected chi connectivity index (χ0v) is 74.0. The van der Waals surface area contributed by atoms with Gasteiger partial charge in [0.25, 0.3) is 5.91 Å². The van der Waals surface area contributed by atoms with Gasteiger partial charge in [0.1, 0.15) is 42.3 Å². The van der Waals surface area contributed by atoms with Gasteiger partial charge in [0.15, 0.2) is 18.2 Å². The van der Waals surface area contributed by atoms with Gasteiger partial charge in [-0.15, -0.1) is 11.8 Å². The second-order valence-corrected chi connectivity index (χ2v) is 35.7. The molecule has 2 aromatic carbocycles. The first-order valence-corrected chi connectivity index (χ1v) is 45.1. The number of likely N-dealkylation sites (N-methyl/N-ethyl adjacent to an activating group) is 1. The second-order valence-electron chi connectivity index (χ2n) is 34.4. The molecule has 16 atom stereocenters. The first kappa shape index (κ1) is 96.7. The Morgan fingerprint density at radius 1 is 0.746 bits per heavy atom. The van der Waals surface area contributed by atoms with Crippen LogP contribution in [-0.4, -0.2) is 292 Å². The van der Waals surface area contributed by atoms with E-state index in [1.165, 1.54) is 44.9 Å². The lowest BCUT2D eigenvalue weighted by molar-refractivity contribution is -0.203. The van der Waals surface area contributed by atoms with Crippen LogP contribution in [0.1, 0.15) is 199 Å². The van der Waals surface area contributed by atoms with Crippen LogP contribution in [0.4, 0.5) is 5.69 Å². The first-order chi connectivity index (χ1) is 58.5. The molecule has 2 bridgehead atoms. The van der Waals surface area contributed by atoms with E-state index in [-0.39, 0.29) is 126 Å². The van der Waals surface area contributed by atoms with Crippen LogP contribution in [0, 0.1) is 23.2 Å². The average molecular weight is 1730 g/mol. The van der Waals surface area contributed by atoms with E-state index in [4.69, 9.17) is 42.6 Å². The number of hydrogen-bond donors (Lipinski definition) is 8. The number of nitrogens with zero attached hydrogens (tertiary/aromatic N) is 4. The molecule has 9 aliphatic rings. The van der Waals surface area contributed by atoms with Gasteiger partial charge in [-0.1, -0.05) is 71.0 Å². The van der Waals surface area contributed by atoms with Crippen LogP contribution in [0.15, 0.2) is 54.1 Å². The fourth-order valence-electron chi connectivity index (χ4n) is 20.7. The van der Waals surface area contributed by atoms with Crippen molar-refractivity contribution >= 4 is 82.2 Å². The van der Waals surface area contributed by atoms with Crippen molar-refractivity contribution in [3.05, 3.63) is 76.4 Å². The number of methoxy groups -OCH3 is 4. The maximum absolute atomic E-state index is 15.6. The Kier molecular flexibility index (Phi) is 34.6. The highest BCUT2D eigenvalue weighted by Crippen LogP contribution is 2.68. The van der Waals surface area contributed by atoms with E-state index in [1.54, 1.807) is 7.11 Å². The molecule has 122 heavy (non-hydrogen) atoms. The van der Waals surface area contributed by atoms with Crippen molar-refractivity contribution in [2.75, 3.05) is 132 Å². The van der Waals surface area contributed by atoms with Crippen LogP contribution in [0.3, 0.4) is 0 Å². The number of piperidine rings is 1. The third kappa shape index (κ3) is 21.1. The quantitative estimate of drug-likeness (QED) is 0.00968. The van der Waals surface area contributed by atoms with Gasteiger partial charge < -0.3 is 89.0 Å². The number of benzene rings is 2. The van der Waals surface area contributed by atoms with Crippen LogP contribution in [0.5, 0.6) is 5.75 Å². The molecule has 6 aliphatic heterocycles. The maximum Gasteiger partial charge on any atom is 0.328 e. The number of fused-ring (bicyclic) bond motifs is 5. The third-order valence-corrected chi connectivity index (χ3v) is 28.2. The normalized spacial score (nSPS) is 28.7. The Bertz CT molecular complexity index is 4060. The van der Waals surface area contributed by atoms with Crippen molar-refractivity contribution in [2.45, 2.75) is 259 Å². The molecule has 5 amide bonds. The van der Waals surface area contributed by atoms with Crippen LogP contribution >= 0.6 is 11.8 Å². The lowest BCUT2D eigenvalue weighted by Crippen LogP contribution is -2.81. The largest absolute Gasteiger partial charge is 0.496 e. The minimum absolute atomic E-state index is 0.0258. The van der Waals surface area contributed by atoms with Gasteiger partial charge in [0, 0.05) is 151 Å². The van der Waals surface area contributed by atoms with Gasteiger partial charge in [-0.05, 0) is 162 Å². The van der Waals surface area contributed by atoms with Crippen LogP contribution in [0.2, 0.25) is 0 Å². The summed E-state index contributed by atoms with van der Waals surface area (Å²) in [6, 6.07) is 10.0. The molecule has 11 rings (SSSR count). The Balaban J connectivity index is 0.000000327. The van der Waals surface area contributed by atoms with Gasteiger partial charge in [0.2, 0.25) is 23.6 Å². The third-order valence-electron chi connectivity index (χ3n) is 27.0. The fraction of sp³-hybridized carbons (Fsp3) is 0.711. The highest BCUT2D eigenvalue weighted by Gasteiger charge is 2.79. The summed E-state index contributed by atoms with van der Waals surface area (Å²) < 4.78 is 49.6. The number of Topliss-reactive ketones (excluding diaryl/α,β-unsaturated/α-hetero) is 1. The maximum atomic E-state index is 15.6. The molecule has 678 valence electrons. The number of ether oxygens (including phenoxy) is 9. The summed E-state index contributed by atoms with van der Waals surface area (Å²) in [4.78, 5) is 138. The molecule has 3 aliphatic carbocycles. The van der Waals surface area contributed by atoms with Crippen LogP contribution < -0.4 is 25.6 Å². The first-order valence-electron chi connectivity index (χ1n) is 44.0. The minimum atomic E-state index is -2.41. The van der Waals surface area contributed by atoms with E-state index < -0.39 is 111 Å². The molecular weight excluding hydrogens is 1600 g/mol. The molecule has 31 nitrogen and oxygen atoms in total. The van der Waals surface area contributed by atoms with Gasteiger partial charge in [-0.25, -0.2) is 4.79 Å². The van der Waals surface area contributed by atoms with Gasteiger partial charge in [-0.3, -0.25) is 57.9 Å². The summed E-state index contributed by atoms with van der Waals surface area (Å²) >= 11 is 1.37. The molecule has 2 saturated carbocycles. The average Bonchev–Trinajstić information content (AvgIpc) is 1.47. The van der Waals surface area contributed by atoms with Gasteiger partial charge in [0.05, 0.1) is 63.1 Å². The van der Waals surface area contributed by atoms with Crippen LogP contribution in [0.25, 0.3) is 5.57 Å². The number of hydrogen-bond acceptors (Lipinski definition) is 28. The van der Waals surface area contributed by atoms with E-state index in [0.717, 1.165) is 53.5 Å². The number of rotatable bonds is 42. The smallest absolute Gasteiger partial charge is 0.328 e. The molecular formula is C90H133N7O24S. The van der Waals surface area contributed by atoms with Crippen LogP contribution in [-0.2, 0) is 103 Å². The number of aliphatic hydroxyl groups excluding tert-OH is 3. The number of amides is 5. The number of carbonyl (C=O) groups is 10. The number of ketones is 1. The molecule has 2 aromatic rings. The van der Waals surface area contributed by atoms with E-state index in [1.807, 2.05) is 76.9 Å². The summed E-state index contributed by atoms with van der Waals surface area (Å²) in [7, 11) is 7.71. The number of carbonyl (C=O) groups excluding carboxylic acids is 10. The van der Waals surface area contributed by atoms with Crippen molar-refractivity contribution in [1.82, 2.24) is 30.7 Å². The molecule has 1 spiro atoms.